The minimum absolute atomic E-state index is 0.101. The van der Waals surface area contributed by atoms with Crippen LogP contribution >= 0.6 is 0 Å². The molecule has 4 nitrogen and oxygen atoms in total. The molecule has 2 rings (SSSR count). The summed E-state index contributed by atoms with van der Waals surface area (Å²) < 4.78 is 10.7. The van der Waals surface area contributed by atoms with Crippen molar-refractivity contribution in [3.8, 4) is 0 Å². The molecule has 0 spiro atoms. The van der Waals surface area contributed by atoms with Crippen LogP contribution in [0.5, 0.6) is 0 Å². The second-order valence-corrected chi connectivity index (χ2v) is 4.49. The minimum Gasteiger partial charge on any atom is -0.458 e. The number of benzene rings is 1. The van der Waals surface area contributed by atoms with E-state index >= 15 is 0 Å². The van der Waals surface area contributed by atoms with Crippen LogP contribution in [0.15, 0.2) is 30.3 Å². The van der Waals surface area contributed by atoms with E-state index in [1.807, 2.05) is 25.1 Å². The van der Waals surface area contributed by atoms with Crippen molar-refractivity contribution in [2.45, 2.75) is 13.0 Å². The fraction of sp³-hybridized carbons (Fsp3) is 0.500. The van der Waals surface area contributed by atoms with Crippen LogP contribution in [0.2, 0.25) is 0 Å². The van der Waals surface area contributed by atoms with Crippen LogP contribution in [0, 0.1) is 0 Å². The number of rotatable bonds is 4. The second kappa shape index (κ2) is 6.52. The van der Waals surface area contributed by atoms with E-state index in [4.69, 9.17) is 9.47 Å². The molecule has 98 valence electrons. The van der Waals surface area contributed by atoms with Crippen LogP contribution in [0.1, 0.15) is 17.3 Å². The molecule has 4 heteroatoms. The largest absolute Gasteiger partial charge is 0.458 e. The number of carbonyl (C=O) groups is 1. The molecule has 1 saturated heterocycles. The minimum atomic E-state index is -0.253. The summed E-state index contributed by atoms with van der Waals surface area (Å²) >= 11 is 0. The first-order chi connectivity index (χ1) is 8.75. The Morgan fingerprint density at radius 3 is 2.67 bits per heavy atom. The van der Waals surface area contributed by atoms with Crippen molar-refractivity contribution in [1.29, 1.82) is 0 Å². The van der Waals surface area contributed by atoms with E-state index in [2.05, 4.69) is 4.90 Å². The molecule has 18 heavy (non-hydrogen) atoms. The number of esters is 1. The molecule has 1 aromatic rings. The topological polar surface area (TPSA) is 38.8 Å². The van der Waals surface area contributed by atoms with Crippen LogP contribution in [0.25, 0.3) is 0 Å². The van der Waals surface area contributed by atoms with E-state index in [1.54, 1.807) is 12.1 Å². The predicted molar refractivity (Wildman–Crippen MR) is 68.6 cm³/mol. The zero-order chi connectivity index (χ0) is 12.8. The molecule has 0 bridgehead atoms. The number of morpholine rings is 1. The third kappa shape index (κ3) is 3.82. The maximum absolute atomic E-state index is 11.8. The SMILES string of the molecule is CC(CN1CCOCC1)OC(=O)c1ccccc1. The first kappa shape index (κ1) is 13.1. The van der Waals surface area contributed by atoms with Gasteiger partial charge in [0.2, 0.25) is 0 Å². The fourth-order valence-corrected chi connectivity index (χ4v) is 2.01. The molecule has 1 aliphatic heterocycles. The number of carbonyl (C=O) groups excluding carboxylic acids is 1. The van der Waals surface area contributed by atoms with Crippen molar-refractivity contribution in [1.82, 2.24) is 4.90 Å². The standard InChI is InChI=1S/C14H19NO3/c1-12(11-15-7-9-17-10-8-15)18-14(16)13-5-3-2-4-6-13/h2-6,12H,7-11H2,1H3. The lowest BCUT2D eigenvalue weighted by atomic mass is 10.2. The zero-order valence-corrected chi connectivity index (χ0v) is 10.7. The van der Waals surface area contributed by atoms with E-state index in [0.29, 0.717) is 5.56 Å². The van der Waals surface area contributed by atoms with Crippen molar-refractivity contribution < 1.29 is 14.3 Å². The number of hydrogen-bond donors (Lipinski definition) is 0. The summed E-state index contributed by atoms with van der Waals surface area (Å²) in [4.78, 5) is 14.1. The van der Waals surface area contributed by atoms with Gasteiger partial charge in [0.15, 0.2) is 0 Å². The Morgan fingerprint density at radius 1 is 1.33 bits per heavy atom. The Morgan fingerprint density at radius 2 is 2.00 bits per heavy atom. The summed E-state index contributed by atoms with van der Waals surface area (Å²) in [5.74, 6) is -0.253. The Balaban J connectivity index is 1.80. The van der Waals surface area contributed by atoms with E-state index in [1.165, 1.54) is 0 Å². The highest BCUT2D eigenvalue weighted by molar-refractivity contribution is 5.89. The lowest BCUT2D eigenvalue weighted by Gasteiger charge is -2.28. The molecule has 0 radical (unpaired) electrons. The summed E-state index contributed by atoms with van der Waals surface area (Å²) in [6.45, 7) is 6.04. The zero-order valence-electron chi connectivity index (χ0n) is 10.7. The van der Waals surface area contributed by atoms with E-state index in [0.717, 1.165) is 32.8 Å². The van der Waals surface area contributed by atoms with Crippen LogP contribution in [-0.4, -0.2) is 49.8 Å². The Bertz CT molecular complexity index is 374. The predicted octanol–water partition coefficient (Wildman–Crippen LogP) is 1.56. The molecule has 0 N–H and O–H groups in total. The third-order valence-electron chi connectivity index (χ3n) is 2.94. The van der Waals surface area contributed by atoms with Gasteiger partial charge in [-0.1, -0.05) is 18.2 Å². The van der Waals surface area contributed by atoms with Crippen LogP contribution in [0.4, 0.5) is 0 Å². The van der Waals surface area contributed by atoms with Gasteiger partial charge in [-0.15, -0.1) is 0 Å². The van der Waals surface area contributed by atoms with E-state index in [-0.39, 0.29) is 12.1 Å². The van der Waals surface area contributed by atoms with Crippen molar-refractivity contribution >= 4 is 5.97 Å². The van der Waals surface area contributed by atoms with E-state index in [9.17, 15) is 4.79 Å². The third-order valence-corrected chi connectivity index (χ3v) is 2.94. The van der Waals surface area contributed by atoms with Crippen molar-refractivity contribution in [2.75, 3.05) is 32.8 Å². The highest BCUT2D eigenvalue weighted by atomic mass is 16.5. The lowest BCUT2D eigenvalue weighted by Crippen LogP contribution is -2.41. The summed E-state index contributed by atoms with van der Waals surface area (Å²) in [7, 11) is 0. The summed E-state index contributed by atoms with van der Waals surface area (Å²) in [6.07, 6.45) is -0.101. The fourth-order valence-electron chi connectivity index (χ4n) is 2.01. The van der Waals surface area contributed by atoms with Gasteiger partial charge in [0.05, 0.1) is 18.8 Å². The normalized spacial score (nSPS) is 18.3. The Kier molecular flexibility index (Phi) is 4.73. The van der Waals surface area contributed by atoms with Gasteiger partial charge in [0.25, 0.3) is 0 Å². The van der Waals surface area contributed by atoms with Crippen molar-refractivity contribution in [2.24, 2.45) is 0 Å². The smallest absolute Gasteiger partial charge is 0.338 e. The highest BCUT2D eigenvalue weighted by Crippen LogP contribution is 2.06. The maximum Gasteiger partial charge on any atom is 0.338 e. The maximum atomic E-state index is 11.8. The first-order valence-corrected chi connectivity index (χ1v) is 6.32. The molecule has 0 saturated carbocycles. The second-order valence-electron chi connectivity index (χ2n) is 4.49. The Labute approximate surface area is 107 Å². The van der Waals surface area contributed by atoms with Crippen molar-refractivity contribution in [3.05, 3.63) is 35.9 Å². The molecule has 1 unspecified atom stereocenters. The van der Waals surface area contributed by atoms with Crippen LogP contribution in [-0.2, 0) is 9.47 Å². The number of nitrogens with zero attached hydrogens (tertiary/aromatic N) is 1. The molecule has 0 aromatic heterocycles. The van der Waals surface area contributed by atoms with E-state index < -0.39 is 0 Å². The molecular formula is C14H19NO3. The first-order valence-electron chi connectivity index (χ1n) is 6.32. The average Bonchev–Trinajstić information content (AvgIpc) is 2.40. The van der Waals surface area contributed by atoms with Gasteiger partial charge in [0.1, 0.15) is 6.10 Å². The van der Waals surface area contributed by atoms with Gasteiger partial charge < -0.3 is 9.47 Å². The Hall–Kier alpha value is -1.39. The molecule has 1 aromatic carbocycles. The van der Waals surface area contributed by atoms with Gasteiger partial charge in [0, 0.05) is 19.6 Å². The molecule has 1 atom stereocenters. The van der Waals surface area contributed by atoms with Gasteiger partial charge in [-0.3, -0.25) is 4.90 Å². The number of hydrogen-bond acceptors (Lipinski definition) is 4. The summed E-state index contributed by atoms with van der Waals surface area (Å²) in [5, 5.41) is 0. The van der Waals surface area contributed by atoms with Crippen LogP contribution < -0.4 is 0 Å². The summed E-state index contributed by atoms with van der Waals surface area (Å²) in [6, 6.07) is 9.09. The molecule has 1 fully saturated rings. The van der Waals surface area contributed by atoms with Gasteiger partial charge in [-0.2, -0.15) is 0 Å². The van der Waals surface area contributed by atoms with Gasteiger partial charge in [-0.05, 0) is 19.1 Å². The molecular weight excluding hydrogens is 230 g/mol. The number of ether oxygens (including phenoxy) is 2. The molecule has 1 aliphatic rings. The summed E-state index contributed by atoms with van der Waals surface area (Å²) in [5.41, 5.74) is 0.603. The average molecular weight is 249 g/mol. The lowest BCUT2D eigenvalue weighted by molar-refractivity contribution is 0.000448. The molecule has 1 heterocycles. The molecule has 0 amide bonds. The molecule has 0 aliphatic carbocycles. The quantitative estimate of drug-likeness (QED) is 0.759. The van der Waals surface area contributed by atoms with Crippen LogP contribution in [0.3, 0.4) is 0 Å². The highest BCUT2D eigenvalue weighted by Gasteiger charge is 2.17. The monoisotopic (exact) mass is 249 g/mol. The van der Waals surface area contributed by atoms with Gasteiger partial charge in [-0.25, -0.2) is 4.79 Å². The van der Waals surface area contributed by atoms with Gasteiger partial charge >= 0.3 is 5.97 Å². The van der Waals surface area contributed by atoms with Crippen molar-refractivity contribution in [3.63, 3.8) is 0 Å².